The Balaban J connectivity index is 2.41. The van der Waals surface area contributed by atoms with Gasteiger partial charge in [0.1, 0.15) is 5.75 Å². The molecule has 9 heteroatoms. The topological polar surface area (TPSA) is 90.7 Å². The predicted molar refractivity (Wildman–Crippen MR) is 87.6 cm³/mol. The van der Waals surface area contributed by atoms with E-state index in [2.05, 4.69) is 5.10 Å². The van der Waals surface area contributed by atoms with Gasteiger partial charge in [0.2, 0.25) is 5.88 Å². The number of hydrogen-bond donors (Lipinski definition) is 1. The lowest BCUT2D eigenvalue weighted by Gasteiger charge is -2.15. The van der Waals surface area contributed by atoms with E-state index in [9.17, 15) is 9.59 Å². The van der Waals surface area contributed by atoms with E-state index < -0.39 is 12.1 Å². The van der Waals surface area contributed by atoms with Crippen LogP contribution in [0, 0.1) is 6.92 Å². The van der Waals surface area contributed by atoms with E-state index in [0.717, 1.165) is 0 Å². The van der Waals surface area contributed by atoms with Crippen LogP contribution >= 0.6 is 23.2 Å². The number of ether oxygens (including phenoxy) is 2. The molecule has 0 amide bonds. The van der Waals surface area contributed by atoms with E-state index in [1.165, 1.54) is 23.7 Å². The van der Waals surface area contributed by atoms with Crippen LogP contribution in [0.4, 0.5) is 0 Å². The van der Waals surface area contributed by atoms with Crippen LogP contribution in [0.2, 0.25) is 10.0 Å². The number of carboxylic acid groups (broad SMARTS) is 1. The van der Waals surface area contributed by atoms with Gasteiger partial charge in [0.05, 0.1) is 21.3 Å². The average Bonchev–Trinajstić information content (AvgIpc) is 2.77. The number of aliphatic carboxylic acids is 1. The molecule has 0 aliphatic carbocycles. The van der Waals surface area contributed by atoms with Gasteiger partial charge in [-0.2, -0.15) is 5.10 Å². The summed E-state index contributed by atoms with van der Waals surface area (Å²) in [5, 5.41) is 13.3. The van der Waals surface area contributed by atoms with Crippen molar-refractivity contribution in [1.82, 2.24) is 9.78 Å². The Labute approximate surface area is 147 Å². The van der Waals surface area contributed by atoms with Crippen molar-refractivity contribution in [1.29, 1.82) is 0 Å². The maximum Gasteiger partial charge on any atom is 0.344 e. The molecule has 0 bridgehead atoms. The van der Waals surface area contributed by atoms with Crippen molar-refractivity contribution < 1.29 is 24.2 Å². The molecule has 1 N–H and O–H groups in total. The minimum absolute atomic E-state index is 0.0949. The molecule has 1 atom stereocenters. The molecule has 0 spiro atoms. The van der Waals surface area contributed by atoms with Crippen molar-refractivity contribution in [2.45, 2.75) is 20.0 Å². The van der Waals surface area contributed by atoms with Gasteiger partial charge < -0.3 is 14.6 Å². The van der Waals surface area contributed by atoms with Crippen molar-refractivity contribution in [3.63, 3.8) is 0 Å². The normalized spacial score (nSPS) is 11.9. The number of hydrogen-bond acceptors (Lipinski definition) is 5. The van der Waals surface area contributed by atoms with Crippen molar-refractivity contribution in [2.24, 2.45) is 7.05 Å². The van der Waals surface area contributed by atoms with Gasteiger partial charge >= 0.3 is 5.97 Å². The van der Waals surface area contributed by atoms with Gasteiger partial charge in [-0.1, -0.05) is 23.2 Å². The largest absolute Gasteiger partial charge is 0.479 e. The molecule has 7 nitrogen and oxygen atoms in total. The minimum atomic E-state index is -1.14. The maximum atomic E-state index is 11.2. The number of nitrogens with zero attached hydrogens (tertiary/aromatic N) is 2. The second kappa shape index (κ2) is 7.11. The Morgan fingerprint density at radius 3 is 2.54 bits per heavy atom. The van der Waals surface area contributed by atoms with Gasteiger partial charge in [-0.25, -0.2) is 9.48 Å². The lowest BCUT2D eigenvalue weighted by molar-refractivity contribution is -0.144. The standard InChI is InChI=1S/C15H14Cl2N2O5/c1-7-9(6-20)14(19(3)18-7)24-13-5-12(10(16)4-11(13)17)23-8(2)15(21)22/h4-6,8H,1-3H3,(H,21,22)/t8-/m0/s1. The van der Waals surface area contributed by atoms with E-state index in [4.69, 9.17) is 37.8 Å². The zero-order valence-electron chi connectivity index (χ0n) is 13.0. The fourth-order valence-electron chi connectivity index (χ4n) is 1.93. The zero-order chi connectivity index (χ0) is 18.0. The van der Waals surface area contributed by atoms with Gasteiger partial charge in [-0.15, -0.1) is 0 Å². The molecule has 128 valence electrons. The van der Waals surface area contributed by atoms with E-state index in [0.29, 0.717) is 12.0 Å². The number of carbonyl (C=O) groups excluding carboxylic acids is 1. The van der Waals surface area contributed by atoms with Crippen molar-refractivity contribution >= 4 is 35.5 Å². The molecule has 0 fully saturated rings. The molecule has 0 unspecified atom stereocenters. The molecular weight excluding hydrogens is 359 g/mol. The molecule has 1 heterocycles. The molecular formula is C15H14Cl2N2O5. The third-order valence-corrected chi connectivity index (χ3v) is 3.77. The van der Waals surface area contributed by atoms with Gasteiger partial charge in [0, 0.05) is 13.1 Å². The zero-order valence-corrected chi connectivity index (χ0v) is 14.6. The predicted octanol–water partition coefficient (Wildman–Crippen LogP) is 3.49. The summed E-state index contributed by atoms with van der Waals surface area (Å²) in [5.74, 6) is -0.699. The summed E-state index contributed by atoms with van der Waals surface area (Å²) in [6, 6.07) is 2.73. The molecule has 0 aliphatic rings. The third-order valence-electron chi connectivity index (χ3n) is 3.18. The summed E-state index contributed by atoms with van der Waals surface area (Å²) in [6.45, 7) is 3.03. The Hall–Kier alpha value is -2.25. The number of benzene rings is 1. The van der Waals surface area contributed by atoms with Gasteiger partial charge in [0.25, 0.3) is 0 Å². The Kier molecular flexibility index (Phi) is 5.36. The van der Waals surface area contributed by atoms with Crippen LogP contribution in [0.15, 0.2) is 12.1 Å². The number of aryl methyl sites for hydroxylation is 2. The smallest absolute Gasteiger partial charge is 0.344 e. The Morgan fingerprint density at radius 1 is 1.33 bits per heavy atom. The van der Waals surface area contributed by atoms with Crippen LogP contribution in [-0.2, 0) is 11.8 Å². The molecule has 1 aromatic carbocycles. The first kappa shape index (κ1) is 18.1. The fourth-order valence-corrected chi connectivity index (χ4v) is 2.40. The number of aromatic nitrogens is 2. The van der Waals surface area contributed by atoms with E-state index in [-0.39, 0.29) is 33.0 Å². The third kappa shape index (κ3) is 3.63. The number of carboxylic acids is 1. The van der Waals surface area contributed by atoms with Crippen LogP contribution in [0.3, 0.4) is 0 Å². The first-order valence-electron chi connectivity index (χ1n) is 6.79. The molecule has 1 aromatic heterocycles. The average molecular weight is 373 g/mol. The number of halogens is 2. The molecule has 0 saturated carbocycles. The molecule has 0 saturated heterocycles. The number of aldehydes is 1. The van der Waals surface area contributed by atoms with Crippen molar-refractivity contribution in [2.75, 3.05) is 0 Å². The maximum absolute atomic E-state index is 11.2. The highest BCUT2D eigenvalue weighted by Crippen LogP contribution is 2.39. The van der Waals surface area contributed by atoms with Crippen LogP contribution in [0.1, 0.15) is 23.0 Å². The molecule has 2 rings (SSSR count). The summed E-state index contributed by atoms with van der Waals surface area (Å²) in [6.07, 6.45) is -0.480. The van der Waals surface area contributed by atoms with E-state index in [1.54, 1.807) is 14.0 Å². The second-order valence-corrected chi connectivity index (χ2v) is 5.77. The second-order valence-electron chi connectivity index (χ2n) is 4.96. The Morgan fingerprint density at radius 2 is 1.96 bits per heavy atom. The molecule has 24 heavy (non-hydrogen) atoms. The summed E-state index contributed by atoms with van der Waals surface area (Å²) >= 11 is 12.1. The quantitative estimate of drug-likeness (QED) is 0.780. The van der Waals surface area contributed by atoms with Crippen molar-refractivity contribution in [3.8, 4) is 17.4 Å². The van der Waals surface area contributed by atoms with Gasteiger partial charge in [0.15, 0.2) is 18.1 Å². The minimum Gasteiger partial charge on any atom is -0.479 e. The van der Waals surface area contributed by atoms with Gasteiger partial charge in [-0.05, 0) is 19.9 Å². The highest BCUT2D eigenvalue weighted by molar-refractivity contribution is 6.36. The Bertz CT molecular complexity index is 804. The van der Waals surface area contributed by atoms with Crippen molar-refractivity contribution in [3.05, 3.63) is 33.4 Å². The molecule has 0 aliphatic heterocycles. The van der Waals surface area contributed by atoms with E-state index >= 15 is 0 Å². The van der Waals surface area contributed by atoms with Crippen LogP contribution in [-0.4, -0.2) is 33.2 Å². The first-order chi connectivity index (χ1) is 11.2. The summed E-state index contributed by atoms with van der Waals surface area (Å²) in [4.78, 5) is 22.1. The van der Waals surface area contributed by atoms with Crippen LogP contribution in [0.5, 0.6) is 17.4 Å². The van der Waals surface area contributed by atoms with Gasteiger partial charge in [-0.3, -0.25) is 4.79 Å². The summed E-state index contributed by atoms with van der Waals surface area (Å²) in [5.41, 5.74) is 0.786. The lowest BCUT2D eigenvalue weighted by Crippen LogP contribution is -2.23. The SMILES string of the molecule is Cc1nn(C)c(Oc2cc(O[C@@H](C)C(=O)O)c(Cl)cc2Cl)c1C=O. The van der Waals surface area contributed by atoms with Crippen LogP contribution in [0.25, 0.3) is 0 Å². The number of carbonyl (C=O) groups is 2. The highest BCUT2D eigenvalue weighted by atomic mass is 35.5. The first-order valence-corrected chi connectivity index (χ1v) is 7.55. The monoisotopic (exact) mass is 372 g/mol. The number of rotatable bonds is 6. The summed E-state index contributed by atoms with van der Waals surface area (Å²) < 4.78 is 12.3. The summed E-state index contributed by atoms with van der Waals surface area (Å²) in [7, 11) is 1.61. The fraction of sp³-hybridized carbons (Fsp3) is 0.267. The van der Waals surface area contributed by atoms with Crippen LogP contribution < -0.4 is 9.47 Å². The molecule has 2 aromatic rings. The lowest BCUT2D eigenvalue weighted by atomic mass is 10.3. The highest BCUT2D eigenvalue weighted by Gasteiger charge is 2.20. The van der Waals surface area contributed by atoms with E-state index in [1.807, 2.05) is 0 Å². The molecule has 0 radical (unpaired) electrons.